The van der Waals surface area contributed by atoms with Crippen LogP contribution in [0.5, 0.6) is 0 Å². The van der Waals surface area contributed by atoms with Gasteiger partial charge in [0.1, 0.15) is 11.5 Å². The number of nitrogens with two attached hydrogens (primary N) is 1. The van der Waals surface area contributed by atoms with Crippen molar-refractivity contribution < 1.29 is 8.91 Å². The van der Waals surface area contributed by atoms with E-state index in [4.69, 9.17) is 10.3 Å². The van der Waals surface area contributed by atoms with Crippen molar-refractivity contribution in [3.63, 3.8) is 0 Å². The van der Waals surface area contributed by atoms with E-state index in [2.05, 4.69) is 23.9 Å². The van der Waals surface area contributed by atoms with Gasteiger partial charge in [-0.25, -0.2) is 4.39 Å². The largest absolute Gasteiger partial charge is 0.359 e. The maximum Gasteiger partial charge on any atom is 0.151 e. The highest BCUT2D eigenvalue weighted by Crippen LogP contribution is 2.29. The number of hydrogen-bond acceptors (Lipinski definition) is 4. The molecule has 1 aromatic heterocycles. The smallest absolute Gasteiger partial charge is 0.151 e. The maximum atomic E-state index is 13.0. The fourth-order valence-electron chi connectivity index (χ4n) is 2.98. The highest BCUT2D eigenvalue weighted by Gasteiger charge is 2.33. The van der Waals surface area contributed by atoms with Gasteiger partial charge in [0.25, 0.3) is 0 Å². The Balaban J connectivity index is 1.68. The molecule has 0 bridgehead atoms. The first-order valence-electron chi connectivity index (χ1n) is 7.63. The molecular formula is C17H22FN3O. The first kappa shape index (κ1) is 15.2. The Labute approximate surface area is 130 Å². The second kappa shape index (κ2) is 5.82. The van der Waals surface area contributed by atoms with Gasteiger partial charge in [-0.15, -0.1) is 0 Å². The average Bonchev–Trinajstić information content (AvgIpc) is 2.92. The van der Waals surface area contributed by atoms with E-state index in [-0.39, 0.29) is 17.3 Å². The Hall–Kier alpha value is -1.72. The first-order chi connectivity index (χ1) is 10.4. The van der Waals surface area contributed by atoms with Crippen molar-refractivity contribution in [3.05, 3.63) is 41.9 Å². The minimum Gasteiger partial charge on any atom is -0.359 e. The molecule has 22 heavy (non-hydrogen) atoms. The Morgan fingerprint density at radius 1 is 1.36 bits per heavy atom. The minimum atomic E-state index is -0.251. The van der Waals surface area contributed by atoms with Crippen LogP contribution in [0.15, 0.2) is 34.9 Å². The molecule has 1 atom stereocenters. The topological polar surface area (TPSA) is 55.3 Å². The standard InChI is InChI=1S/C17H22FN3O/c1-17(2)11-21(8-7-16(17)19)10-14-9-15(20-22-14)12-3-5-13(18)6-4-12/h3-6,9,16H,7-8,10-11,19H2,1-2H3. The molecule has 5 heteroatoms. The Morgan fingerprint density at radius 2 is 2.09 bits per heavy atom. The molecule has 0 aliphatic carbocycles. The zero-order valence-corrected chi connectivity index (χ0v) is 13.1. The predicted molar refractivity (Wildman–Crippen MR) is 83.5 cm³/mol. The molecule has 0 amide bonds. The lowest BCUT2D eigenvalue weighted by Crippen LogP contribution is -2.51. The molecule has 3 rings (SSSR count). The molecule has 118 valence electrons. The lowest BCUT2D eigenvalue weighted by Gasteiger charge is -2.42. The number of halogens is 1. The molecule has 1 unspecified atom stereocenters. The monoisotopic (exact) mass is 303 g/mol. The van der Waals surface area contributed by atoms with Gasteiger partial charge in [0, 0.05) is 30.8 Å². The maximum absolute atomic E-state index is 13.0. The van der Waals surface area contributed by atoms with Crippen LogP contribution in [0.4, 0.5) is 4.39 Å². The van der Waals surface area contributed by atoms with Gasteiger partial charge in [0.05, 0.1) is 6.54 Å². The van der Waals surface area contributed by atoms with E-state index >= 15 is 0 Å². The van der Waals surface area contributed by atoms with Crippen LogP contribution in [0, 0.1) is 11.2 Å². The molecule has 0 radical (unpaired) electrons. The van der Waals surface area contributed by atoms with Gasteiger partial charge < -0.3 is 10.3 Å². The van der Waals surface area contributed by atoms with Crippen LogP contribution in [0.25, 0.3) is 11.3 Å². The third-order valence-corrected chi connectivity index (χ3v) is 4.47. The molecule has 1 aliphatic rings. The molecule has 0 spiro atoms. The SMILES string of the molecule is CC1(C)CN(Cc2cc(-c3ccc(F)cc3)no2)CCC1N. The van der Waals surface area contributed by atoms with E-state index in [0.717, 1.165) is 43.1 Å². The summed E-state index contributed by atoms with van der Waals surface area (Å²) in [5.74, 6) is 0.574. The van der Waals surface area contributed by atoms with Gasteiger partial charge in [0.15, 0.2) is 5.76 Å². The fraction of sp³-hybridized carbons (Fsp3) is 0.471. The molecule has 1 aromatic carbocycles. The van der Waals surface area contributed by atoms with Crippen LogP contribution in [0.3, 0.4) is 0 Å². The van der Waals surface area contributed by atoms with Crippen LogP contribution in [-0.2, 0) is 6.54 Å². The number of benzene rings is 1. The van der Waals surface area contributed by atoms with Gasteiger partial charge in [-0.2, -0.15) is 0 Å². The summed E-state index contributed by atoms with van der Waals surface area (Å²) in [5.41, 5.74) is 7.87. The third-order valence-electron chi connectivity index (χ3n) is 4.47. The van der Waals surface area contributed by atoms with Crippen LogP contribution < -0.4 is 5.73 Å². The molecule has 1 saturated heterocycles. The summed E-state index contributed by atoms with van der Waals surface area (Å²) in [7, 11) is 0. The van der Waals surface area contributed by atoms with Crippen molar-refractivity contribution in [2.45, 2.75) is 32.9 Å². The average molecular weight is 303 g/mol. The molecule has 1 aliphatic heterocycles. The Bertz CT molecular complexity index is 636. The van der Waals surface area contributed by atoms with Crippen molar-refractivity contribution in [1.82, 2.24) is 10.1 Å². The van der Waals surface area contributed by atoms with E-state index in [1.807, 2.05) is 6.07 Å². The summed E-state index contributed by atoms with van der Waals surface area (Å²) >= 11 is 0. The summed E-state index contributed by atoms with van der Waals surface area (Å²) in [6, 6.07) is 8.44. The van der Waals surface area contributed by atoms with Gasteiger partial charge in [-0.05, 0) is 36.1 Å². The van der Waals surface area contributed by atoms with E-state index in [0.29, 0.717) is 0 Å². The normalized spacial score (nSPS) is 21.9. The number of aromatic nitrogens is 1. The summed E-state index contributed by atoms with van der Waals surface area (Å²) in [4.78, 5) is 2.35. The summed E-state index contributed by atoms with van der Waals surface area (Å²) in [6.07, 6.45) is 0.992. The summed E-state index contributed by atoms with van der Waals surface area (Å²) < 4.78 is 18.4. The molecule has 2 aromatic rings. The van der Waals surface area contributed by atoms with Crippen molar-refractivity contribution in [1.29, 1.82) is 0 Å². The van der Waals surface area contributed by atoms with Crippen molar-refractivity contribution >= 4 is 0 Å². The molecule has 4 nitrogen and oxygen atoms in total. The quantitative estimate of drug-likeness (QED) is 0.947. The van der Waals surface area contributed by atoms with Crippen LogP contribution in [-0.4, -0.2) is 29.2 Å². The van der Waals surface area contributed by atoms with E-state index in [1.165, 1.54) is 12.1 Å². The van der Waals surface area contributed by atoms with Crippen molar-refractivity contribution in [2.75, 3.05) is 13.1 Å². The van der Waals surface area contributed by atoms with E-state index in [1.54, 1.807) is 12.1 Å². The molecule has 1 fully saturated rings. The zero-order valence-electron chi connectivity index (χ0n) is 13.1. The van der Waals surface area contributed by atoms with E-state index < -0.39 is 0 Å². The molecule has 2 N–H and O–H groups in total. The minimum absolute atomic E-state index is 0.109. The zero-order chi connectivity index (χ0) is 15.7. The fourth-order valence-corrected chi connectivity index (χ4v) is 2.98. The third kappa shape index (κ3) is 3.20. The summed E-state index contributed by atoms with van der Waals surface area (Å²) in [6.45, 7) is 7.05. The number of likely N-dealkylation sites (tertiary alicyclic amines) is 1. The van der Waals surface area contributed by atoms with Crippen LogP contribution in [0.1, 0.15) is 26.0 Å². The Morgan fingerprint density at radius 3 is 2.77 bits per heavy atom. The summed E-state index contributed by atoms with van der Waals surface area (Å²) in [5, 5.41) is 4.08. The van der Waals surface area contributed by atoms with Gasteiger partial charge in [-0.3, -0.25) is 4.90 Å². The number of rotatable bonds is 3. The van der Waals surface area contributed by atoms with Crippen LogP contribution >= 0.6 is 0 Å². The number of nitrogens with zero attached hydrogens (tertiary/aromatic N) is 2. The first-order valence-corrected chi connectivity index (χ1v) is 7.63. The lowest BCUT2D eigenvalue weighted by molar-refractivity contribution is 0.0826. The highest BCUT2D eigenvalue weighted by molar-refractivity contribution is 5.58. The van der Waals surface area contributed by atoms with Crippen LogP contribution in [0.2, 0.25) is 0 Å². The van der Waals surface area contributed by atoms with Crippen molar-refractivity contribution in [3.8, 4) is 11.3 Å². The molecule has 2 heterocycles. The van der Waals surface area contributed by atoms with E-state index in [9.17, 15) is 4.39 Å². The molecule has 0 saturated carbocycles. The highest BCUT2D eigenvalue weighted by atomic mass is 19.1. The number of hydrogen-bond donors (Lipinski definition) is 1. The second-order valence-electron chi connectivity index (χ2n) is 6.78. The van der Waals surface area contributed by atoms with Gasteiger partial charge in [-0.1, -0.05) is 19.0 Å². The van der Waals surface area contributed by atoms with Gasteiger partial charge >= 0.3 is 0 Å². The lowest BCUT2D eigenvalue weighted by atomic mass is 9.80. The molecular weight excluding hydrogens is 281 g/mol. The number of piperidine rings is 1. The predicted octanol–water partition coefficient (Wildman–Crippen LogP) is 3.04. The van der Waals surface area contributed by atoms with Crippen molar-refractivity contribution in [2.24, 2.45) is 11.1 Å². The Kier molecular flexibility index (Phi) is 4.02. The second-order valence-corrected chi connectivity index (χ2v) is 6.78. The van der Waals surface area contributed by atoms with Gasteiger partial charge in [0.2, 0.25) is 0 Å².